The van der Waals surface area contributed by atoms with Crippen molar-refractivity contribution in [3.8, 4) is 0 Å². The summed E-state index contributed by atoms with van der Waals surface area (Å²) in [4.78, 5) is 2.64. The third kappa shape index (κ3) is 3.02. The molecule has 1 aliphatic carbocycles. The maximum absolute atomic E-state index is 4.74. The largest absolute Gasteiger partial charge is 0.308 e. The highest BCUT2D eigenvalue weighted by atomic mass is 15.3. The first-order valence-corrected chi connectivity index (χ1v) is 8.44. The Labute approximate surface area is 128 Å². The van der Waals surface area contributed by atoms with Crippen LogP contribution in [0.5, 0.6) is 0 Å². The molecule has 4 nitrogen and oxygen atoms in total. The molecule has 1 saturated carbocycles. The van der Waals surface area contributed by atoms with Crippen LogP contribution < -0.4 is 5.32 Å². The molecular weight excluding hydrogens is 260 g/mol. The predicted molar refractivity (Wildman–Crippen MR) is 86.3 cm³/mol. The van der Waals surface area contributed by atoms with Crippen LogP contribution in [0, 0.1) is 0 Å². The summed E-state index contributed by atoms with van der Waals surface area (Å²) in [5.41, 5.74) is 1.78. The summed E-state index contributed by atoms with van der Waals surface area (Å²) in [6.45, 7) is 12.3. The standard InChI is InChI=1S/C17H30N4/c1-14(2)21-10-7-15(19-21)11-20-13-17(8-5-6-9-17)18-12-16(20,3)4/h7,10,14,18H,5-6,8-9,11-13H2,1-4H3. The molecule has 0 atom stereocenters. The summed E-state index contributed by atoms with van der Waals surface area (Å²) in [6, 6.07) is 2.62. The van der Waals surface area contributed by atoms with E-state index in [0.717, 1.165) is 19.6 Å². The lowest BCUT2D eigenvalue weighted by Crippen LogP contribution is -2.66. The topological polar surface area (TPSA) is 33.1 Å². The van der Waals surface area contributed by atoms with Crippen LogP contribution in [0.4, 0.5) is 0 Å². The van der Waals surface area contributed by atoms with E-state index >= 15 is 0 Å². The second-order valence-electron chi connectivity index (χ2n) is 7.89. The Morgan fingerprint density at radius 3 is 2.62 bits per heavy atom. The average molecular weight is 290 g/mol. The Balaban J connectivity index is 1.74. The number of nitrogens with zero attached hydrogens (tertiary/aromatic N) is 3. The Kier molecular flexibility index (Phi) is 3.87. The molecule has 3 rings (SSSR count). The molecule has 2 heterocycles. The quantitative estimate of drug-likeness (QED) is 0.929. The Bertz CT molecular complexity index is 483. The lowest BCUT2D eigenvalue weighted by molar-refractivity contribution is 0.0206. The molecule has 118 valence electrons. The molecule has 0 amide bonds. The Morgan fingerprint density at radius 2 is 2.00 bits per heavy atom. The fourth-order valence-corrected chi connectivity index (χ4v) is 3.75. The number of aromatic nitrogens is 2. The van der Waals surface area contributed by atoms with Gasteiger partial charge in [0.15, 0.2) is 0 Å². The Morgan fingerprint density at radius 1 is 1.29 bits per heavy atom. The van der Waals surface area contributed by atoms with Crippen molar-refractivity contribution < 1.29 is 0 Å². The van der Waals surface area contributed by atoms with E-state index < -0.39 is 0 Å². The van der Waals surface area contributed by atoms with Crippen LogP contribution in [0.3, 0.4) is 0 Å². The highest BCUT2D eigenvalue weighted by Gasteiger charge is 2.44. The zero-order valence-electron chi connectivity index (χ0n) is 14.0. The molecule has 0 aromatic carbocycles. The van der Waals surface area contributed by atoms with E-state index in [2.05, 4.69) is 54.9 Å². The van der Waals surface area contributed by atoms with E-state index in [4.69, 9.17) is 5.10 Å². The summed E-state index contributed by atoms with van der Waals surface area (Å²) in [6.07, 6.45) is 7.53. The first-order valence-electron chi connectivity index (χ1n) is 8.44. The van der Waals surface area contributed by atoms with Crippen molar-refractivity contribution in [3.05, 3.63) is 18.0 Å². The van der Waals surface area contributed by atoms with Crippen molar-refractivity contribution in [2.75, 3.05) is 13.1 Å². The van der Waals surface area contributed by atoms with E-state index in [1.54, 1.807) is 0 Å². The van der Waals surface area contributed by atoms with Crippen molar-refractivity contribution >= 4 is 0 Å². The second kappa shape index (κ2) is 5.40. The molecule has 1 saturated heterocycles. The van der Waals surface area contributed by atoms with Crippen LogP contribution in [0.25, 0.3) is 0 Å². The zero-order valence-corrected chi connectivity index (χ0v) is 14.0. The van der Waals surface area contributed by atoms with Gasteiger partial charge in [-0.05, 0) is 46.6 Å². The molecule has 1 spiro atoms. The highest BCUT2D eigenvalue weighted by molar-refractivity contribution is 5.07. The monoisotopic (exact) mass is 290 g/mol. The molecule has 2 aliphatic rings. The molecule has 4 heteroatoms. The van der Waals surface area contributed by atoms with Gasteiger partial charge >= 0.3 is 0 Å². The second-order valence-corrected chi connectivity index (χ2v) is 7.89. The molecule has 1 aliphatic heterocycles. The summed E-state index contributed by atoms with van der Waals surface area (Å²) < 4.78 is 2.07. The first-order chi connectivity index (χ1) is 9.90. The van der Waals surface area contributed by atoms with E-state index in [-0.39, 0.29) is 5.54 Å². The Hall–Kier alpha value is -0.870. The van der Waals surface area contributed by atoms with E-state index in [1.165, 1.54) is 31.4 Å². The number of hydrogen-bond donors (Lipinski definition) is 1. The number of hydrogen-bond acceptors (Lipinski definition) is 3. The summed E-state index contributed by atoms with van der Waals surface area (Å²) >= 11 is 0. The minimum atomic E-state index is 0.204. The van der Waals surface area contributed by atoms with Gasteiger partial charge in [-0.25, -0.2) is 0 Å². The molecule has 1 aromatic rings. The zero-order chi connectivity index (χ0) is 15.1. The first kappa shape index (κ1) is 15.0. The summed E-state index contributed by atoms with van der Waals surface area (Å²) in [5.74, 6) is 0. The van der Waals surface area contributed by atoms with Crippen LogP contribution in [0.2, 0.25) is 0 Å². The van der Waals surface area contributed by atoms with Crippen LogP contribution in [0.1, 0.15) is 65.1 Å². The molecule has 2 fully saturated rings. The number of nitrogens with one attached hydrogen (secondary N) is 1. The van der Waals surface area contributed by atoms with Gasteiger partial charge in [0.2, 0.25) is 0 Å². The molecular formula is C17H30N4. The van der Waals surface area contributed by atoms with Gasteiger partial charge < -0.3 is 5.32 Å². The summed E-state index contributed by atoms with van der Waals surface area (Å²) in [5, 5.41) is 8.60. The van der Waals surface area contributed by atoms with Crippen molar-refractivity contribution in [3.63, 3.8) is 0 Å². The maximum Gasteiger partial charge on any atom is 0.0765 e. The SMILES string of the molecule is CC(C)n1ccc(CN2CC3(CCCC3)NCC2(C)C)n1. The van der Waals surface area contributed by atoms with Gasteiger partial charge in [-0.1, -0.05) is 12.8 Å². The van der Waals surface area contributed by atoms with E-state index in [0.29, 0.717) is 11.6 Å². The third-order valence-electron chi connectivity index (χ3n) is 5.35. The van der Waals surface area contributed by atoms with E-state index in [1.807, 2.05) is 0 Å². The molecule has 0 radical (unpaired) electrons. The fourth-order valence-electron chi connectivity index (χ4n) is 3.75. The van der Waals surface area contributed by atoms with E-state index in [9.17, 15) is 0 Å². The molecule has 1 aromatic heterocycles. The lowest BCUT2D eigenvalue weighted by atomic mass is 9.87. The van der Waals surface area contributed by atoms with Crippen molar-refractivity contribution in [1.29, 1.82) is 0 Å². The molecule has 0 bridgehead atoms. The predicted octanol–water partition coefficient (Wildman–Crippen LogP) is 2.96. The van der Waals surface area contributed by atoms with Crippen LogP contribution in [-0.4, -0.2) is 38.8 Å². The molecule has 1 N–H and O–H groups in total. The summed E-state index contributed by atoms with van der Waals surface area (Å²) in [7, 11) is 0. The van der Waals surface area contributed by atoms with Gasteiger partial charge in [-0.15, -0.1) is 0 Å². The molecule has 21 heavy (non-hydrogen) atoms. The van der Waals surface area contributed by atoms with Crippen LogP contribution in [0.15, 0.2) is 12.3 Å². The molecule has 0 unspecified atom stereocenters. The minimum absolute atomic E-state index is 0.204. The smallest absolute Gasteiger partial charge is 0.0765 e. The van der Waals surface area contributed by atoms with Gasteiger partial charge in [0.25, 0.3) is 0 Å². The average Bonchev–Trinajstić information content (AvgIpc) is 3.05. The third-order valence-corrected chi connectivity index (χ3v) is 5.35. The van der Waals surface area contributed by atoms with Gasteiger partial charge in [0, 0.05) is 43.0 Å². The number of rotatable bonds is 3. The van der Waals surface area contributed by atoms with Crippen LogP contribution in [-0.2, 0) is 6.54 Å². The minimum Gasteiger partial charge on any atom is -0.308 e. The lowest BCUT2D eigenvalue weighted by Gasteiger charge is -2.50. The van der Waals surface area contributed by atoms with Crippen molar-refractivity contribution in [2.24, 2.45) is 0 Å². The normalized spacial score (nSPS) is 25.0. The van der Waals surface area contributed by atoms with Crippen molar-refractivity contribution in [1.82, 2.24) is 20.0 Å². The van der Waals surface area contributed by atoms with Gasteiger partial charge in [-0.2, -0.15) is 5.10 Å². The highest BCUT2D eigenvalue weighted by Crippen LogP contribution is 2.36. The van der Waals surface area contributed by atoms with Gasteiger partial charge in [0.1, 0.15) is 0 Å². The maximum atomic E-state index is 4.74. The van der Waals surface area contributed by atoms with Gasteiger partial charge in [0.05, 0.1) is 5.69 Å². The van der Waals surface area contributed by atoms with Crippen molar-refractivity contribution in [2.45, 2.75) is 77.0 Å². The van der Waals surface area contributed by atoms with Crippen LogP contribution >= 0.6 is 0 Å². The number of piperazine rings is 1. The van der Waals surface area contributed by atoms with Gasteiger partial charge in [-0.3, -0.25) is 9.58 Å². The fraction of sp³-hybridized carbons (Fsp3) is 0.824.